The summed E-state index contributed by atoms with van der Waals surface area (Å²) in [7, 11) is 0. The van der Waals surface area contributed by atoms with Gasteiger partial charge in [0.1, 0.15) is 0 Å². The monoisotopic (exact) mass is 255 g/mol. The molecular weight excluding hydrogens is 246 g/mol. The van der Waals surface area contributed by atoms with Crippen LogP contribution in [0.25, 0.3) is 0 Å². The molecule has 5 heteroatoms. The van der Waals surface area contributed by atoms with Crippen LogP contribution in [0, 0.1) is 0 Å². The van der Waals surface area contributed by atoms with Gasteiger partial charge in [-0.1, -0.05) is 28.1 Å². The zero-order valence-electron chi connectivity index (χ0n) is 7.40. The number of aliphatic imine (C=N–C) groups is 1. The molecule has 1 aromatic rings. The second-order valence-corrected chi connectivity index (χ2v) is 3.20. The molecule has 0 heterocycles. The molecule has 0 atom stereocenters. The number of halogens is 1. The molecule has 4 N–H and O–H groups in total. The number of Topliss-reactive ketones (excluding diaryl/α,β-unsaturated/α-hetero) is 1. The predicted octanol–water partition coefficient (Wildman–Crippen LogP) is 1.17. The number of nitrogens with two attached hydrogens (primary N) is 2. The Labute approximate surface area is 90.1 Å². The fourth-order valence-electron chi connectivity index (χ4n) is 0.975. The third-order valence-corrected chi connectivity index (χ3v) is 2.06. The maximum Gasteiger partial charge on any atom is 0.191 e. The molecule has 0 aliphatic rings. The number of nitrogens with zero attached hydrogens (tertiary/aromatic N) is 1. The second kappa shape index (κ2) is 4.76. The number of alkyl halides is 1. The summed E-state index contributed by atoms with van der Waals surface area (Å²) in [6.07, 6.45) is 0. The van der Waals surface area contributed by atoms with Crippen LogP contribution in [-0.2, 0) is 0 Å². The van der Waals surface area contributed by atoms with E-state index in [4.69, 9.17) is 11.5 Å². The zero-order valence-corrected chi connectivity index (χ0v) is 8.99. The van der Waals surface area contributed by atoms with Crippen molar-refractivity contribution in [2.75, 3.05) is 5.33 Å². The van der Waals surface area contributed by atoms with Gasteiger partial charge in [0.05, 0.1) is 11.0 Å². The molecule has 0 radical (unpaired) electrons. The van der Waals surface area contributed by atoms with E-state index in [-0.39, 0.29) is 17.1 Å². The van der Waals surface area contributed by atoms with Gasteiger partial charge in [0.25, 0.3) is 0 Å². The average molecular weight is 256 g/mol. The molecule has 74 valence electrons. The van der Waals surface area contributed by atoms with Crippen molar-refractivity contribution in [2.24, 2.45) is 16.5 Å². The molecule has 1 aromatic carbocycles. The Morgan fingerprint density at radius 1 is 1.43 bits per heavy atom. The van der Waals surface area contributed by atoms with Crippen molar-refractivity contribution in [1.29, 1.82) is 0 Å². The van der Waals surface area contributed by atoms with Crippen LogP contribution in [0.5, 0.6) is 0 Å². The summed E-state index contributed by atoms with van der Waals surface area (Å²) in [6, 6.07) is 6.82. The zero-order chi connectivity index (χ0) is 10.6. The maximum atomic E-state index is 11.3. The first-order valence-corrected chi connectivity index (χ1v) is 5.04. The van der Waals surface area contributed by atoms with E-state index in [1.54, 1.807) is 24.3 Å². The first-order chi connectivity index (χ1) is 6.63. The highest BCUT2D eigenvalue weighted by Crippen LogP contribution is 2.14. The van der Waals surface area contributed by atoms with E-state index in [1.165, 1.54) is 0 Å². The highest BCUT2D eigenvalue weighted by atomic mass is 79.9. The largest absolute Gasteiger partial charge is 0.370 e. The molecule has 0 unspecified atom stereocenters. The van der Waals surface area contributed by atoms with Gasteiger partial charge >= 0.3 is 0 Å². The molecule has 4 nitrogen and oxygen atoms in total. The Hall–Kier alpha value is -1.36. The lowest BCUT2D eigenvalue weighted by molar-refractivity contribution is 0.102. The summed E-state index contributed by atoms with van der Waals surface area (Å²) >= 11 is 3.09. The summed E-state index contributed by atoms with van der Waals surface area (Å²) in [6.45, 7) is 0. The second-order valence-electron chi connectivity index (χ2n) is 2.64. The summed E-state index contributed by atoms with van der Waals surface area (Å²) in [4.78, 5) is 15.1. The van der Waals surface area contributed by atoms with Crippen molar-refractivity contribution in [1.82, 2.24) is 0 Å². The van der Waals surface area contributed by atoms with E-state index in [9.17, 15) is 4.79 Å². The molecule has 0 fully saturated rings. The normalized spacial score (nSPS) is 9.50. The molecule has 0 bridgehead atoms. The summed E-state index contributed by atoms with van der Waals surface area (Å²) < 4.78 is 0. The molecule has 0 aromatic heterocycles. The highest BCUT2D eigenvalue weighted by Gasteiger charge is 2.03. The van der Waals surface area contributed by atoms with E-state index in [1.807, 2.05) is 0 Å². The van der Waals surface area contributed by atoms with Crippen LogP contribution in [0.2, 0.25) is 0 Å². The molecule has 0 spiro atoms. The van der Waals surface area contributed by atoms with E-state index in [0.717, 1.165) is 0 Å². The molecule has 0 saturated heterocycles. The first-order valence-electron chi connectivity index (χ1n) is 3.92. The SMILES string of the molecule is NC(N)=Nc1cccc(C(=O)CBr)c1. The molecule has 14 heavy (non-hydrogen) atoms. The topological polar surface area (TPSA) is 81.5 Å². The maximum absolute atomic E-state index is 11.3. The number of rotatable bonds is 3. The van der Waals surface area contributed by atoms with Crippen LogP contribution in [0.15, 0.2) is 29.3 Å². The van der Waals surface area contributed by atoms with E-state index in [0.29, 0.717) is 11.3 Å². The van der Waals surface area contributed by atoms with E-state index >= 15 is 0 Å². The van der Waals surface area contributed by atoms with Gasteiger partial charge in [-0.25, -0.2) is 4.99 Å². The van der Waals surface area contributed by atoms with Gasteiger partial charge in [-0.3, -0.25) is 4.79 Å². The quantitative estimate of drug-likeness (QED) is 0.368. The van der Waals surface area contributed by atoms with Crippen LogP contribution in [0.4, 0.5) is 5.69 Å². The lowest BCUT2D eigenvalue weighted by atomic mass is 10.1. The third kappa shape index (κ3) is 2.85. The van der Waals surface area contributed by atoms with Crippen LogP contribution in [0.1, 0.15) is 10.4 Å². The number of hydrogen-bond donors (Lipinski definition) is 2. The van der Waals surface area contributed by atoms with Gasteiger partial charge in [-0.2, -0.15) is 0 Å². The Morgan fingerprint density at radius 3 is 2.71 bits per heavy atom. The molecule has 0 amide bonds. The van der Waals surface area contributed by atoms with Gasteiger partial charge in [-0.05, 0) is 12.1 Å². The van der Waals surface area contributed by atoms with E-state index < -0.39 is 0 Å². The minimum Gasteiger partial charge on any atom is -0.370 e. The van der Waals surface area contributed by atoms with Crippen molar-refractivity contribution in [3.8, 4) is 0 Å². The number of carbonyl (C=O) groups excluding carboxylic acids is 1. The third-order valence-electron chi connectivity index (χ3n) is 1.55. The van der Waals surface area contributed by atoms with E-state index in [2.05, 4.69) is 20.9 Å². The Bertz CT molecular complexity index is 372. The van der Waals surface area contributed by atoms with Gasteiger partial charge in [0, 0.05) is 5.56 Å². The summed E-state index contributed by atoms with van der Waals surface area (Å²) in [5.41, 5.74) is 11.6. The predicted molar refractivity (Wildman–Crippen MR) is 60.0 cm³/mol. The molecule has 0 aliphatic carbocycles. The summed E-state index contributed by atoms with van der Waals surface area (Å²) in [5.74, 6) is -0.0221. The fourth-order valence-corrected chi connectivity index (χ4v) is 1.30. The van der Waals surface area contributed by atoms with Crippen molar-refractivity contribution in [3.63, 3.8) is 0 Å². The Morgan fingerprint density at radius 2 is 2.14 bits per heavy atom. The van der Waals surface area contributed by atoms with Gasteiger partial charge in [0.15, 0.2) is 11.7 Å². The number of benzene rings is 1. The van der Waals surface area contributed by atoms with Gasteiger partial charge in [-0.15, -0.1) is 0 Å². The van der Waals surface area contributed by atoms with Crippen LogP contribution in [-0.4, -0.2) is 17.1 Å². The van der Waals surface area contributed by atoms with Gasteiger partial charge < -0.3 is 11.5 Å². The van der Waals surface area contributed by atoms with Crippen molar-refractivity contribution in [3.05, 3.63) is 29.8 Å². The minimum absolute atomic E-state index is 0.00218. The fraction of sp³-hybridized carbons (Fsp3) is 0.111. The number of carbonyl (C=O) groups is 1. The highest BCUT2D eigenvalue weighted by molar-refractivity contribution is 9.09. The summed E-state index contributed by atoms with van der Waals surface area (Å²) in [5, 5.41) is 0.290. The van der Waals surface area contributed by atoms with Crippen LogP contribution >= 0.6 is 15.9 Å². The lowest BCUT2D eigenvalue weighted by Gasteiger charge is -1.99. The number of hydrogen-bond acceptors (Lipinski definition) is 2. The molecule has 0 aliphatic heterocycles. The van der Waals surface area contributed by atoms with Crippen molar-refractivity contribution >= 4 is 33.4 Å². The van der Waals surface area contributed by atoms with Gasteiger partial charge in [0.2, 0.25) is 0 Å². The van der Waals surface area contributed by atoms with Crippen molar-refractivity contribution in [2.45, 2.75) is 0 Å². The molecule has 1 rings (SSSR count). The first kappa shape index (κ1) is 10.7. The molecule has 0 saturated carbocycles. The van der Waals surface area contributed by atoms with Crippen LogP contribution < -0.4 is 11.5 Å². The number of guanidine groups is 1. The smallest absolute Gasteiger partial charge is 0.191 e. The number of ketones is 1. The van der Waals surface area contributed by atoms with Crippen LogP contribution in [0.3, 0.4) is 0 Å². The lowest BCUT2D eigenvalue weighted by Crippen LogP contribution is -2.21. The minimum atomic E-state index is -0.0200. The average Bonchev–Trinajstić information content (AvgIpc) is 2.16. The van der Waals surface area contributed by atoms with Crippen molar-refractivity contribution < 1.29 is 4.79 Å². The molecular formula is C9H10BrN3O. The Kier molecular flexibility index (Phi) is 3.64. The Balaban J connectivity index is 3.01. The standard InChI is InChI=1S/C9H10BrN3O/c10-5-8(14)6-2-1-3-7(4-6)13-9(11)12/h1-4H,5H2,(H4,11,12,13).